The largest absolute Gasteiger partial charge is 0.480 e. The molecular formula is C13H22O2S. The van der Waals surface area contributed by atoms with Crippen LogP contribution in [-0.4, -0.2) is 21.1 Å². The highest BCUT2D eigenvalue weighted by molar-refractivity contribution is 8.02. The summed E-state index contributed by atoms with van der Waals surface area (Å²) in [5, 5.41) is 10.0. The Hall–Kier alpha value is -0.180. The fraction of sp³-hybridized carbons (Fsp3) is 0.923. The first-order valence-corrected chi connectivity index (χ1v) is 7.45. The van der Waals surface area contributed by atoms with Crippen LogP contribution in [0.2, 0.25) is 0 Å². The molecule has 2 nitrogen and oxygen atoms in total. The molecule has 0 saturated heterocycles. The third-order valence-corrected chi connectivity index (χ3v) is 5.78. The molecule has 92 valence electrons. The zero-order valence-corrected chi connectivity index (χ0v) is 10.9. The Morgan fingerprint density at radius 2 is 2.00 bits per heavy atom. The second-order valence-corrected chi connectivity index (χ2v) is 7.07. The van der Waals surface area contributed by atoms with Crippen molar-refractivity contribution in [2.24, 2.45) is 5.92 Å². The van der Waals surface area contributed by atoms with Gasteiger partial charge in [-0.25, -0.2) is 0 Å². The summed E-state index contributed by atoms with van der Waals surface area (Å²) < 4.78 is -0.408. The quantitative estimate of drug-likeness (QED) is 0.798. The van der Waals surface area contributed by atoms with Gasteiger partial charge in [0.1, 0.15) is 4.75 Å². The lowest BCUT2D eigenvalue weighted by Crippen LogP contribution is -2.48. The molecule has 0 heterocycles. The van der Waals surface area contributed by atoms with Crippen LogP contribution in [0.25, 0.3) is 0 Å². The molecule has 0 bridgehead atoms. The minimum Gasteiger partial charge on any atom is -0.480 e. The Balaban J connectivity index is 1.88. The van der Waals surface area contributed by atoms with E-state index in [1.54, 1.807) is 11.8 Å². The first-order valence-electron chi connectivity index (χ1n) is 6.57. The molecule has 0 radical (unpaired) electrons. The topological polar surface area (TPSA) is 37.3 Å². The zero-order valence-electron chi connectivity index (χ0n) is 10.1. The fourth-order valence-electron chi connectivity index (χ4n) is 3.13. The molecule has 2 aliphatic rings. The minimum absolute atomic E-state index is 0.408. The van der Waals surface area contributed by atoms with Crippen molar-refractivity contribution in [2.45, 2.75) is 68.3 Å². The molecule has 2 aliphatic carbocycles. The van der Waals surface area contributed by atoms with Crippen LogP contribution >= 0.6 is 11.8 Å². The van der Waals surface area contributed by atoms with E-state index < -0.39 is 10.7 Å². The average Bonchev–Trinajstić information content (AvgIpc) is 2.66. The molecule has 2 saturated carbocycles. The number of hydrogen-bond donors (Lipinski definition) is 1. The first-order chi connectivity index (χ1) is 7.66. The summed E-state index contributed by atoms with van der Waals surface area (Å²) >= 11 is 1.78. The highest BCUT2D eigenvalue weighted by Crippen LogP contribution is 2.53. The van der Waals surface area contributed by atoms with E-state index in [4.69, 9.17) is 0 Å². The van der Waals surface area contributed by atoms with Gasteiger partial charge < -0.3 is 5.11 Å². The van der Waals surface area contributed by atoms with Gasteiger partial charge >= 0.3 is 5.97 Å². The molecule has 0 amide bonds. The Morgan fingerprint density at radius 3 is 2.50 bits per heavy atom. The van der Waals surface area contributed by atoms with E-state index in [-0.39, 0.29) is 0 Å². The molecule has 0 aliphatic heterocycles. The van der Waals surface area contributed by atoms with E-state index in [1.807, 2.05) is 0 Å². The van der Waals surface area contributed by atoms with Gasteiger partial charge in [-0.05, 0) is 31.6 Å². The fourth-order valence-corrected chi connectivity index (χ4v) is 5.10. The van der Waals surface area contributed by atoms with Gasteiger partial charge in [0.05, 0.1) is 0 Å². The summed E-state index contributed by atoms with van der Waals surface area (Å²) in [5.74, 6) is 0.117. The van der Waals surface area contributed by atoms with Gasteiger partial charge in [0.25, 0.3) is 0 Å². The van der Waals surface area contributed by atoms with Crippen molar-refractivity contribution >= 4 is 17.7 Å². The van der Waals surface area contributed by atoms with Crippen LogP contribution in [-0.2, 0) is 4.79 Å². The predicted octanol–water partition coefficient (Wildman–Crippen LogP) is 3.70. The van der Waals surface area contributed by atoms with E-state index in [2.05, 4.69) is 6.92 Å². The number of carboxylic acids is 1. The lowest BCUT2D eigenvalue weighted by atomic mass is 9.72. The monoisotopic (exact) mass is 242 g/mol. The maximum atomic E-state index is 11.4. The lowest BCUT2D eigenvalue weighted by Gasteiger charge is -2.45. The molecular weight excluding hydrogens is 220 g/mol. The molecule has 0 spiro atoms. The summed E-state index contributed by atoms with van der Waals surface area (Å²) in [7, 11) is 0. The molecule has 0 aromatic carbocycles. The maximum absolute atomic E-state index is 11.4. The predicted molar refractivity (Wildman–Crippen MR) is 67.8 cm³/mol. The Kier molecular flexibility index (Phi) is 3.83. The van der Waals surface area contributed by atoms with E-state index in [9.17, 15) is 9.90 Å². The Bertz CT molecular complexity index is 253. The van der Waals surface area contributed by atoms with E-state index in [1.165, 1.54) is 38.5 Å². The van der Waals surface area contributed by atoms with Crippen LogP contribution in [0.4, 0.5) is 0 Å². The number of aliphatic carboxylic acids is 1. The second-order valence-electron chi connectivity index (χ2n) is 5.39. The minimum atomic E-state index is -0.559. The third-order valence-electron chi connectivity index (χ3n) is 4.02. The van der Waals surface area contributed by atoms with Gasteiger partial charge in [0.2, 0.25) is 0 Å². The van der Waals surface area contributed by atoms with Crippen LogP contribution in [0.5, 0.6) is 0 Å². The molecule has 0 aromatic heterocycles. The standard InChI is InChI=1S/C13H22O2S/c1-2-5-10-8-13(9-10,12(14)15)16-11-6-3-4-7-11/h10-11H,2-9H2,1H3,(H,14,15). The SMILES string of the molecule is CCCC1CC(SC2CCCC2)(C(=O)O)C1. The number of thioether (sulfide) groups is 1. The van der Waals surface area contributed by atoms with Crippen molar-refractivity contribution in [2.75, 3.05) is 0 Å². The first kappa shape index (κ1) is 12.3. The molecule has 2 rings (SSSR count). The van der Waals surface area contributed by atoms with Crippen LogP contribution < -0.4 is 0 Å². The van der Waals surface area contributed by atoms with Gasteiger partial charge in [0.15, 0.2) is 0 Å². The van der Waals surface area contributed by atoms with Gasteiger partial charge in [0, 0.05) is 5.25 Å². The third kappa shape index (κ3) is 2.39. The highest BCUT2D eigenvalue weighted by atomic mass is 32.2. The van der Waals surface area contributed by atoms with Gasteiger partial charge in [-0.2, -0.15) is 0 Å². The van der Waals surface area contributed by atoms with Crippen molar-refractivity contribution in [1.82, 2.24) is 0 Å². The van der Waals surface area contributed by atoms with Crippen LogP contribution in [0.15, 0.2) is 0 Å². The average molecular weight is 242 g/mol. The molecule has 0 unspecified atom stereocenters. The summed E-state index contributed by atoms with van der Waals surface area (Å²) in [4.78, 5) is 11.4. The van der Waals surface area contributed by atoms with Crippen LogP contribution in [0, 0.1) is 5.92 Å². The van der Waals surface area contributed by atoms with Gasteiger partial charge in [-0.15, -0.1) is 11.8 Å². The Labute approximate surface area is 102 Å². The van der Waals surface area contributed by atoms with E-state index in [0.717, 1.165) is 12.8 Å². The van der Waals surface area contributed by atoms with Crippen molar-refractivity contribution in [3.63, 3.8) is 0 Å². The normalized spacial score (nSPS) is 34.9. The Morgan fingerprint density at radius 1 is 1.38 bits per heavy atom. The lowest BCUT2D eigenvalue weighted by molar-refractivity contribution is -0.143. The molecule has 0 aromatic rings. The number of rotatable bonds is 5. The smallest absolute Gasteiger partial charge is 0.319 e. The summed E-state index contributed by atoms with van der Waals surface area (Å²) in [6.07, 6.45) is 9.29. The maximum Gasteiger partial charge on any atom is 0.319 e. The van der Waals surface area contributed by atoms with E-state index >= 15 is 0 Å². The summed E-state index contributed by atoms with van der Waals surface area (Å²) in [5.41, 5.74) is 0. The van der Waals surface area contributed by atoms with Gasteiger partial charge in [-0.1, -0.05) is 32.6 Å². The van der Waals surface area contributed by atoms with Gasteiger partial charge in [-0.3, -0.25) is 4.79 Å². The van der Waals surface area contributed by atoms with E-state index in [0.29, 0.717) is 11.2 Å². The number of carboxylic acid groups (broad SMARTS) is 1. The van der Waals surface area contributed by atoms with Crippen LogP contribution in [0.3, 0.4) is 0 Å². The zero-order chi connectivity index (χ0) is 11.6. The van der Waals surface area contributed by atoms with Crippen molar-refractivity contribution < 1.29 is 9.90 Å². The van der Waals surface area contributed by atoms with Crippen molar-refractivity contribution in [1.29, 1.82) is 0 Å². The molecule has 0 atom stereocenters. The molecule has 2 fully saturated rings. The van der Waals surface area contributed by atoms with Crippen molar-refractivity contribution in [3.8, 4) is 0 Å². The molecule has 1 N–H and O–H groups in total. The summed E-state index contributed by atoms with van der Waals surface area (Å²) in [6.45, 7) is 2.19. The summed E-state index contributed by atoms with van der Waals surface area (Å²) in [6, 6.07) is 0. The highest BCUT2D eigenvalue weighted by Gasteiger charge is 2.51. The molecule has 16 heavy (non-hydrogen) atoms. The second kappa shape index (κ2) is 4.99. The molecule has 3 heteroatoms. The number of hydrogen-bond acceptors (Lipinski definition) is 2. The van der Waals surface area contributed by atoms with Crippen molar-refractivity contribution in [3.05, 3.63) is 0 Å². The van der Waals surface area contributed by atoms with Crippen LogP contribution in [0.1, 0.15) is 58.3 Å². The number of carbonyl (C=O) groups is 1.